The van der Waals surface area contributed by atoms with Crippen LogP contribution in [0.2, 0.25) is 0 Å². The molecule has 4 heteroatoms. The number of aryl methyl sites for hydroxylation is 1. The van der Waals surface area contributed by atoms with Gasteiger partial charge in [-0.05, 0) is 30.7 Å². The fourth-order valence-electron chi connectivity index (χ4n) is 1.25. The summed E-state index contributed by atoms with van der Waals surface area (Å²) in [6.45, 7) is 1.80. The quantitative estimate of drug-likeness (QED) is 0.816. The van der Waals surface area contributed by atoms with Gasteiger partial charge < -0.3 is 10.0 Å². The van der Waals surface area contributed by atoms with Crippen LogP contribution in [0, 0.1) is 12.7 Å². The molecule has 0 saturated heterocycles. The zero-order valence-electron chi connectivity index (χ0n) is 8.83. The van der Waals surface area contributed by atoms with E-state index >= 15 is 0 Å². The lowest BCUT2D eigenvalue weighted by Gasteiger charge is -2.15. The number of rotatable bonds is 3. The molecule has 0 unspecified atom stereocenters. The molecule has 1 aromatic rings. The molecule has 0 aliphatic heterocycles. The van der Waals surface area contributed by atoms with Gasteiger partial charge in [0, 0.05) is 19.2 Å². The van der Waals surface area contributed by atoms with Crippen LogP contribution in [0.4, 0.5) is 4.39 Å². The van der Waals surface area contributed by atoms with Crippen LogP contribution < -0.4 is 0 Å². The lowest BCUT2D eigenvalue weighted by Crippen LogP contribution is -2.29. The summed E-state index contributed by atoms with van der Waals surface area (Å²) in [6.07, 6.45) is 0. The highest BCUT2D eigenvalue weighted by Gasteiger charge is 2.11. The molecule has 0 aliphatic carbocycles. The number of aliphatic hydroxyl groups excluding tert-OH is 1. The van der Waals surface area contributed by atoms with E-state index < -0.39 is 0 Å². The average molecular weight is 211 g/mol. The number of hydrogen-bond acceptors (Lipinski definition) is 2. The predicted octanol–water partition coefficient (Wildman–Crippen LogP) is 1.20. The van der Waals surface area contributed by atoms with Crippen molar-refractivity contribution in [2.45, 2.75) is 6.92 Å². The van der Waals surface area contributed by atoms with Gasteiger partial charge in [0.2, 0.25) is 0 Å². The molecule has 1 amide bonds. The monoisotopic (exact) mass is 211 g/mol. The van der Waals surface area contributed by atoms with Gasteiger partial charge in [-0.2, -0.15) is 0 Å². The average Bonchev–Trinajstić information content (AvgIpc) is 2.21. The lowest BCUT2D eigenvalue weighted by atomic mass is 10.1. The van der Waals surface area contributed by atoms with E-state index in [1.807, 2.05) is 0 Å². The van der Waals surface area contributed by atoms with Crippen LogP contribution >= 0.6 is 0 Å². The van der Waals surface area contributed by atoms with Crippen LogP contribution in [0.15, 0.2) is 18.2 Å². The second-order valence-corrected chi connectivity index (χ2v) is 3.41. The topological polar surface area (TPSA) is 40.5 Å². The first-order valence-corrected chi connectivity index (χ1v) is 4.68. The molecule has 1 N–H and O–H groups in total. The van der Waals surface area contributed by atoms with E-state index in [9.17, 15) is 9.18 Å². The molecule has 0 atom stereocenters. The van der Waals surface area contributed by atoms with E-state index in [0.29, 0.717) is 11.1 Å². The van der Waals surface area contributed by atoms with Crippen LogP contribution in [0.3, 0.4) is 0 Å². The maximum atomic E-state index is 12.9. The van der Waals surface area contributed by atoms with Gasteiger partial charge >= 0.3 is 0 Å². The summed E-state index contributed by atoms with van der Waals surface area (Å²) in [5.74, 6) is -0.538. The number of nitrogens with zero attached hydrogens (tertiary/aromatic N) is 1. The molecule has 0 heterocycles. The molecule has 0 bridgehead atoms. The molecular formula is C11H14FNO2. The number of hydrogen-bond donors (Lipinski definition) is 1. The van der Waals surface area contributed by atoms with Gasteiger partial charge in [0.25, 0.3) is 5.91 Å². The Morgan fingerprint density at radius 2 is 2.20 bits per heavy atom. The SMILES string of the molecule is Cc1cc(C(=O)N(C)CCO)ccc1F. The fraction of sp³-hybridized carbons (Fsp3) is 0.364. The first-order valence-electron chi connectivity index (χ1n) is 4.68. The summed E-state index contributed by atoms with van der Waals surface area (Å²) in [5, 5.41) is 8.68. The van der Waals surface area contributed by atoms with Crippen LogP contribution in [-0.4, -0.2) is 36.1 Å². The normalized spacial score (nSPS) is 10.1. The summed E-state index contributed by atoms with van der Waals surface area (Å²) < 4.78 is 12.9. The Kier molecular flexibility index (Phi) is 3.80. The van der Waals surface area contributed by atoms with Crippen molar-refractivity contribution < 1.29 is 14.3 Å². The van der Waals surface area contributed by atoms with Gasteiger partial charge in [-0.15, -0.1) is 0 Å². The maximum Gasteiger partial charge on any atom is 0.253 e. The Morgan fingerprint density at radius 1 is 1.53 bits per heavy atom. The van der Waals surface area contributed by atoms with Crippen molar-refractivity contribution in [1.82, 2.24) is 4.90 Å². The minimum atomic E-state index is -0.323. The van der Waals surface area contributed by atoms with Crippen molar-refractivity contribution in [3.63, 3.8) is 0 Å². The Morgan fingerprint density at radius 3 is 2.73 bits per heavy atom. The van der Waals surface area contributed by atoms with Crippen LogP contribution in [0.5, 0.6) is 0 Å². The predicted molar refractivity (Wildman–Crippen MR) is 55.2 cm³/mol. The Bertz CT molecular complexity index is 366. The third kappa shape index (κ3) is 2.76. The first kappa shape index (κ1) is 11.7. The van der Waals surface area contributed by atoms with Crippen molar-refractivity contribution in [2.75, 3.05) is 20.2 Å². The van der Waals surface area contributed by atoms with Crippen molar-refractivity contribution in [3.8, 4) is 0 Å². The van der Waals surface area contributed by atoms with E-state index in [1.165, 1.54) is 23.1 Å². The number of aliphatic hydroxyl groups is 1. The van der Waals surface area contributed by atoms with Crippen LogP contribution in [0.25, 0.3) is 0 Å². The van der Waals surface area contributed by atoms with Crippen LogP contribution in [-0.2, 0) is 0 Å². The van der Waals surface area contributed by atoms with Gasteiger partial charge in [0.05, 0.1) is 6.61 Å². The largest absolute Gasteiger partial charge is 0.395 e. The Hall–Kier alpha value is -1.42. The van der Waals surface area contributed by atoms with Crippen molar-refractivity contribution in [2.24, 2.45) is 0 Å². The second-order valence-electron chi connectivity index (χ2n) is 3.41. The van der Waals surface area contributed by atoms with E-state index in [0.717, 1.165) is 0 Å². The molecule has 0 aliphatic rings. The molecular weight excluding hydrogens is 197 g/mol. The van der Waals surface area contributed by atoms with E-state index in [4.69, 9.17) is 5.11 Å². The molecule has 82 valence electrons. The highest BCUT2D eigenvalue weighted by atomic mass is 19.1. The summed E-state index contributed by atoms with van der Waals surface area (Å²) >= 11 is 0. The van der Waals surface area contributed by atoms with Gasteiger partial charge in [0.1, 0.15) is 5.82 Å². The third-order valence-corrected chi connectivity index (χ3v) is 2.19. The van der Waals surface area contributed by atoms with Crippen molar-refractivity contribution >= 4 is 5.91 Å². The molecule has 0 radical (unpaired) electrons. The molecule has 1 rings (SSSR count). The molecule has 1 aromatic carbocycles. The number of amides is 1. The fourth-order valence-corrected chi connectivity index (χ4v) is 1.25. The third-order valence-electron chi connectivity index (χ3n) is 2.19. The first-order chi connectivity index (χ1) is 7.06. The van der Waals surface area contributed by atoms with Crippen molar-refractivity contribution in [1.29, 1.82) is 0 Å². The van der Waals surface area contributed by atoms with Gasteiger partial charge in [-0.1, -0.05) is 0 Å². The van der Waals surface area contributed by atoms with Crippen LogP contribution in [0.1, 0.15) is 15.9 Å². The number of benzene rings is 1. The molecule has 15 heavy (non-hydrogen) atoms. The highest BCUT2D eigenvalue weighted by Crippen LogP contribution is 2.10. The summed E-state index contributed by atoms with van der Waals surface area (Å²) in [6, 6.07) is 4.22. The lowest BCUT2D eigenvalue weighted by molar-refractivity contribution is 0.0767. The zero-order valence-corrected chi connectivity index (χ0v) is 8.83. The van der Waals surface area contributed by atoms with Gasteiger partial charge in [-0.25, -0.2) is 4.39 Å². The van der Waals surface area contributed by atoms with Gasteiger partial charge in [0.15, 0.2) is 0 Å². The van der Waals surface area contributed by atoms with E-state index in [1.54, 1.807) is 14.0 Å². The number of halogens is 1. The molecule has 0 spiro atoms. The van der Waals surface area contributed by atoms with E-state index in [2.05, 4.69) is 0 Å². The maximum absolute atomic E-state index is 12.9. The highest BCUT2D eigenvalue weighted by molar-refractivity contribution is 5.94. The standard InChI is InChI=1S/C11H14FNO2/c1-8-7-9(3-4-10(8)12)11(15)13(2)5-6-14/h3-4,7,14H,5-6H2,1-2H3. The zero-order chi connectivity index (χ0) is 11.4. The number of carbonyl (C=O) groups excluding carboxylic acids is 1. The smallest absolute Gasteiger partial charge is 0.253 e. The molecule has 0 saturated carbocycles. The summed E-state index contributed by atoms with van der Waals surface area (Å²) in [4.78, 5) is 13.1. The molecule has 0 fully saturated rings. The summed E-state index contributed by atoms with van der Waals surface area (Å²) in [7, 11) is 1.59. The second kappa shape index (κ2) is 4.89. The Balaban J connectivity index is 2.87. The number of likely N-dealkylation sites (N-methyl/N-ethyl adjacent to an activating group) is 1. The molecule has 3 nitrogen and oxygen atoms in total. The minimum Gasteiger partial charge on any atom is -0.395 e. The summed E-state index contributed by atoms with van der Waals surface area (Å²) in [5.41, 5.74) is 0.878. The van der Waals surface area contributed by atoms with Gasteiger partial charge in [-0.3, -0.25) is 4.79 Å². The van der Waals surface area contributed by atoms with E-state index in [-0.39, 0.29) is 24.9 Å². The number of carbonyl (C=O) groups is 1. The minimum absolute atomic E-state index is 0.0809. The molecule has 0 aromatic heterocycles. The Labute approximate surface area is 88.1 Å². The van der Waals surface area contributed by atoms with Crippen molar-refractivity contribution in [3.05, 3.63) is 35.1 Å².